The van der Waals surface area contributed by atoms with Crippen molar-refractivity contribution in [3.63, 3.8) is 0 Å². The minimum atomic E-state index is -0.0159. The predicted octanol–water partition coefficient (Wildman–Crippen LogP) is 5.36. The number of nitrogens with zero attached hydrogens (tertiary/aromatic N) is 3. The van der Waals surface area contributed by atoms with Gasteiger partial charge in [0.25, 0.3) is 0 Å². The van der Waals surface area contributed by atoms with Gasteiger partial charge >= 0.3 is 0 Å². The Morgan fingerprint density at radius 1 is 1.13 bits per heavy atom. The number of hydrogen-bond acceptors (Lipinski definition) is 4. The predicted molar refractivity (Wildman–Crippen MR) is 125 cm³/mol. The fourth-order valence-corrected chi connectivity index (χ4v) is 4.38. The first kappa shape index (κ1) is 19.3. The molecule has 4 aromatic heterocycles. The van der Waals surface area contributed by atoms with Crippen LogP contribution in [0, 0.1) is 0 Å². The van der Waals surface area contributed by atoms with Crippen molar-refractivity contribution < 1.29 is 4.79 Å². The maximum atomic E-state index is 12.3. The van der Waals surface area contributed by atoms with Crippen LogP contribution in [0.25, 0.3) is 33.4 Å². The Labute approximate surface area is 183 Å². The molecular weight excluding hydrogens is 406 g/mol. The fourth-order valence-electron chi connectivity index (χ4n) is 3.68. The van der Waals surface area contributed by atoms with Crippen LogP contribution in [0.3, 0.4) is 0 Å². The third-order valence-electron chi connectivity index (χ3n) is 5.19. The molecule has 0 bridgehead atoms. The lowest BCUT2D eigenvalue weighted by atomic mass is 10.0. The molecular formula is C24H21N5OS. The van der Waals surface area contributed by atoms with Crippen LogP contribution in [-0.2, 0) is 17.8 Å². The molecule has 6 nitrogen and oxygen atoms in total. The molecule has 1 amide bonds. The molecule has 0 fully saturated rings. The molecule has 7 heteroatoms. The summed E-state index contributed by atoms with van der Waals surface area (Å²) >= 11 is 1.59. The van der Waals surface area contributed by atoms with Crippen molar-refractivity contribution in [3.05, 3.63) is 77.4 Å². The Morgan fingerprint density at radius 2 is 2.00 bits per heavy atom. The molecule has 5 aromatic rings. The molecule has 31 heavy (non-hydrogen) atoms. The van der Waals surface area contributed by atoms with Crippen LogP contribution in [0.5, 0.6) is 0 Å². The van der Waals surface area contributed by atoms with Gasteiger partial charge in [0.05, 0.1) is 6.42 Å². The molecule has 0 radical (unpaired) electrons. The van der Waals surface area contributed by atoms with Crippen molar-refractivity contribution >= 4 is 34.0 Å². The van der Waals surface area contributed by atoms with Crippen molar-refractivity contribution in [2.45, 2.75) is 19.9 Å². The van der Waals surface area contributed by atoms with E-state index in [4.69, 9.17) is 5.10 Å². The van der Waals surface area contributed by atoms with Gasteiger partial charge in [-0.1, -0.05) is 18.2 Å². The Kier molecular flexibility index (Phi) is 5.09. The van der Waals surface area contributed by atoms with E-state index in [1.807, 2.05) is 71.0 Å². The summed E-state index contributed by atoms with van der Waals surface area (Å²) in [6, 6.07) is 15.8. The molecule has 0 unspecified atom stereocenters. The number of aromatic amines is 1. The van der Waals surface area contributed by atoms with E-state index >= 15 is 0 Å². The number of hydrogen-bond donors (Lipinski definition) is 2. The second-order valence-corrected chi connectivity index (χ2v) is 8.26. The topological polar surface area (TPSA) is 75.6 Å². The van der Waals surface area contributed by atoms with Gasteiger partial charge in [0, 0.05) is 52.2 Å². The molecule has 4 heterocycles. The summed E-state index contributed by atoms with van der Waals surface area (Å²) in [7, 11) is 0. The lowest BCUT2D eigenvalue weighted by molar-refractivity contribution is -0.115. The van der Waals surface area contributed by atoms with Crippen LogP contribution in [-0.4, -0.2) is 25.7 Å². The highest BCUT2D eigenvalue weighted by molar-refractivity contribution is 7.10. The summed E-state index contributed by atoms with van der Waals surface area (Å²) in [4.78, 5) is 20.9. The minimum Gasteiger partial charge on any atom is -0.346 e. The van der Waals surface area contributed by atoms with Crippen molar-refractivity contribution in [1.82, 2.24) is 19.7 Å². The van der Waals surface area contributed by atoms with Gasteiger partial charge in [0.1, 0.15) is 11.3 Å². The molecule has 0 saturated carbocycles. The number of nitrogens with one attached hydrogen (secondary N) is 2. The lowest BCUT2D eigenvalue weighted by Crippen LogP contribution is -2.13. The number of aryl methyl sites for hydroxylation is 1. The quantitative estimate of drug-likeness (QED) is 0.383. The second-order valence-electron chi connectivity index (χ2n) is 7.23. The highest BCUT2D eigenvalue weighted by atomic mass is 32.1. The third-order valence-corrected chi connectivity index (χ3v) is 6.07. The molecule has 1 aromatic carbocycles. The van der Waals surface area contributed by atoms with E-state index in [9.17, 15) is 4.79 Å². The van der Waals surface area contributed by atoms with Crippen molar-refractivity contribution in [2.24, 2.45) is 0 Å². The van der Waals surface area contributed by atoms with Crippen LogP contribution in [0.15, 0.2) is 72.5 Å². The highest BCUT2D eigenvalue weighted by Gasteiger charge is 2.16. The number of amides is 1. The van der Waals surface area contributed by atoms with E-state index in [1.54, 1.807) is 11.3 Å². The first-order valence-corrected chi connectivity index (χ1v) is 11.0. The summed E-state index contributed by atoms with van der Waals surface area (Å²) in [5.74, 6) is -0.0159. The van der Waals surface area contributed by atoms with Crippen molar-refractivity contribution in [3.8, 4) is 22.4 Å². The Hall–Kier alpha value is -3.71. The van der Waals surface area contributed by atoms with Crippen LogP contribution in [0.1, 0.15) is 11.8 Å². The summed E-state index contributed by atoms with van der Waals surface area (Å²) in [5.41, 5.74) is 5.69. The highest BCUT2D eigenvalue weighted by Crippen LogP contribution is 2.35. The first-order valence-electron chi connectivity index (χ1n) is 10.1. The number of aromatic nitrogens is 4. The largest absolute Gasteiger partial charge is 0.346 e. The van der Waals surface area contributed by atoms with Gasteiger partial charge in [-0.2, -0.15) is 5.10 Å². The smallest absolute Gasteiger partial charge is 0.229 e. The van der Waals surface area contributed by atoms with Crippen LogP contribution >= 0.6 is 11.3 Å². The van der Waals surface area contributed by atoms with E-state index in [-0.39, 0.29) is 5.91 Å². The molecule has 0 saturated heterocycles. The van der Waals surface area contributed by atoms with Gasteiger partial charge in [-0.3, -0.25) is 9.48 Å². The van der Waals surface area contributed by atoms with E-state index in [1.165, 1.54) is 0 Å². The zero-order valence-electron chi connectivity index (χ0n) is 17.0. The Bertz CT molecular complexity index is 1330. The molecule has 5 rings (SSSR count). The average molecular weight is 428 g/mol. The molecule has 2 N–H and O–H groups in total. The van der Waals surface area contributed by atoms with Gasteiger partial charge < -0.3 is 10.3 Å². The zero-order valence-corrected chi connectivity index (χ0v) is 17.8. The number of carbonyl (C=O) groups is 1. The number of anilines is 1. The number of benzene rings is 1. The number of fused-ring (bicyclic) bond motifs is 1. The number of thiophene rings is 1. The molecule has 0 aliphatic heterocycles. The number of rotatable bonds is 6. The van der Waals surface area contributed by atoms with Gasteiger partial charge in [-0.05, 0) is 48.2 Å². The first-order chi connectivity index (χ1) is 15.2. The molecule has 154 valence electrons. The minimum absolute atomic E-state index is 0.0159. The van der Waals surface area contributed by atoms with Crippen LogP contribution in [0.4, 0.5) is 5.69 Å². The SMILES string of the molecule is CCn1cc(-c2ccnc3[nH]ccc23)c(-c2ccc(NC(=O)Cc3cccs3)cc2)n1. The number of H-pyrrole nitrogens is 1. The van der Waals surface area contributed by atoms with E-state index < -0.39 is 0 Å². The molecule has 0 spiro atoms. The van der Waals surface area contributed by atoms with Gasteiger partial charge in [0.2, 0.25) is 5.91 Å². The summed E-state index contributed by atoms with van der Waals surface area (Å²) in [6.07, 6.45) is 6.18. The Morgan fingerprint density at radius 3 is 2.77 bits per heavy atom. The Balaban J connectivity index is 1.44. The zero-order chi connectivity index (χ0) is 21.2. The summed E-state index contributed by atoms with van der Waals surface area (Å²) in [5, 5.41) is 10.8. The van der Waals surface area contributed by atoms with E-state index in [2.05, 4.69) is 28.4 Å². The summed E-state index contributed by atoms with van der Waals surface area (Å²) < 4.78 is 1.94. The standard InChI is InChI=1S/C24H21N5OS/c1-2-29-15-21(19-9-11-25-24-20(19)10-12-26-24)23(28-29)16-5-7-17(8-6-16)27-22(30)14-18-4-3-13-31-18/h3-13,15H,2,14H2,1H3,(H,25,26)(H,27,30). The fraction of sp³-hybridized carbons (Fsp3) is 0.125. The average Bonchev–Trinajstić information content (AvgIpc) is 3.54. The number of carbonyl (C=O) groups excluding carboxylic acids is 1. The third kappa shape index (κ3) is 3.87. The van der Waals surface area contributed by atoms with Crippen molar-refractivity contribution in [1.29, 1.82) is 0 Å². The molecule has 0 atom stereocenters. The normalized spacial score (nSPS) is 11.1. The maximum absolute atomic E-state index is 12.3. The van der Waals surface area contributed by atoms with E-state index in [0.717, 1.165) is 50.5 Å². The van der Waals surface area contributed by atoms with E-state index in [0.29, 0.717) is 6.42 Å². The van der Waals surface area contributed by atoms with Crippen molar-refractivity contribution in [2.75, 3.05) is 5.32 Å². The van der Waals surface area contributed by atoms with Crippen LogP contribution < -0.4 is 5.32 Å². The van der Waals surface area contributed by atoms with Crippen LogP contribution in [0.2, 0.25) is 0 Å². The summed E-state index contributed by atoms with van der Waals surface area (Å²) in [6.45, 7) is 2.86. The maximum Gasteiger partial charge on any atom is 0.229 e. The van der Waals surface area contributed by atoms with Gasteiger partial charge in [-0.15, -0.1) is 11.3 Å². The lowest BCUT2D eigenvalue weighted by Gasteiger charge is -2.07. The molecule has 0 aliphatic carbocycles. The molecule has 0 aliphatic rings. The number of pyridine rings is 1. The van der Waals surface area contributed by atoms with Gasteiger partial charge in [-0.25, -0.2) is 4.98 Å². The van der Waals surface area contributed by atoms with Gasteiger partial charge in [0.15, 0.2) is 0 Å². The second kappa shape index (κ2) is 8.20. The monoisotopic (exact) mass is 427 g/mol.